The molecule has 1 aromatic rings. The first kappa shape index (κ1) is 16.5. The summed E-state index contributed by atoms with van der Waals surface area (Å²) in [6, 6.07) is 4.78. The fourth-order valence-corrected chi connectivity index (χ4v) is 2.14. The van der Waals surface area contributed by atoms with Gasteiger partial charge in [-0.15, -0.1) is 0 Å². The van der Waals surface area contributed by atoms with E-state index in [9.17, 15) is 9.59 Å². The van der Waals surface area contributed by atoms with E-state index < -0.39 is 11.9 Å². The maximum absolute atomic E-state index is 11.5. The Labute approximate surface area is 126 Å². The molecule has 4 N–H and O–H groups in total. The maximum atomic E-state index is 11.5. The van der Waals surface area contributed by atoms with Crippen LogP contribution in [0.15, 0.2) is 22.7 Å². The molecule has 110 valence electrons. The Balaban J connectivity index is 3.11. The van der Waals surface area contributed by atoms with Gasteiger partial charge in [0.25, 0.3) is 5.91 Å². The monoisotopic (exact) mass is 342 g/mol. The maximum Gasteiger partial charge on any atom is 0.305 e. The smallest absolute Gasteiger partial charge is 0.305 e. The molecule has 1 aromatic carbocycles. The fourth-order valence-electron chi connectivity index (χ4n) is 1.78. The molecular weight excluding hydrogens is 324 g/mol. The summed E-state index contributed by atoms with van der Waals surface area (Å²) in [6.07, 6.45) is -0.0439. The normalized spacial score (nSPS) is 12.8. The van der Waals surface area contributed by atoms with Gasteiger partial charge in [-0.2, -0.15) is 0 Å². The lowest BCUT2D eigenvalue weighted by atomic mass is 9.84. The van der Waals surface area contributed by atoms with Crippen molar-refractivity contribution < 1.29 is 14.7 Å². The van der Waals surface area contributed by atoms with Crippen LogP contribution in [0.4, 0.5) is 5.69 Å². The molecule has 0 heterocycles. The molecule has 6 heteroatoms. The predicted octanol–water partition coefficient (Wildman–Crippen LogP) is 2.85. The number of carboxylic acid groups (broad SMARTS) is 1. The Hall–Kier alpha value is -1.56. The van der Waals surface area contributed by atoms with E-state index in [1.807, 2.05) is 20.8 Å². The number of amides is 1. The summed E-state index contributed by atoms with van der Waals surface area (Å²) >= 11 is 3.28. The Morgan fingerprint density at radius 2 is 2.00 bits per heavy atom. The summed E-state index contributed by atoms with van der Waals surface area (Å²) in [7, 11) is 0. The van der Waals surface area contributed by atoms with E-state index in [0.717, 1.165) is 4.47 Å². The summed E-state index contributed by atoms with van der Waals surface area (Å²) in [6.45, 7) is 5.82. The quantitative estimate of drug-likeness (QED) is 0.766. The number of rotatable bonds is 5. The molecule has 0 aliphatic rings. The van der Waals surface area contributed by atoms with Crippen LogP contribution in [0.3, 0.4) is 0 Å². The second-order valence-corrected chi connectivity index (χ2v) is 6.63. The van der Waals surface area contributed by atoms with Gasteiger partial charge in [0, 0.05) is 16.2 Å². The van der Waals surface area contributed by atoms with Gasteiger partial charge in [0.05, 0.1) is 12.0 Å². The third kappa shape index (κ3) is 4.52. The predicted molar refractivity (Wildman–Crippen MR) is 81.8 cm³/mol. The molecule has 0 fully saturated rings. The molecule has 0 saturated heterocycles. The van der Waals surface area contributed by atoms with E-state index in [0.29, 0.717) is 11.3 Å². The Bertz CT molecular complexity index is 524. The van der Waals surface area contributed by atoms with Crippen molar-refractivity contribution in [3.8, 4) is 0 Å². The summed E-state index contributed by atoms with van der Waals surface area (Å²) in [4.78, 5) is 22.5. The molecule has 5 nitrogen and oxygen atoms in total. The van der Waals surface area contributed by atoms with Crippen molar-refractivity contribution in [3.63, 3.8) is 0 Å². The minimum absolute atomic E-state index is 0.0439. The third-order valence-electron chi connectivity index (χ3n) is 3.00. The molecule has 1 amide bonds. The van der Waals surface area contributed by atoms with Crippen molar-refractivity contribution >= 4 is 33.5 Å². The summed E-state index contributed by atoms with van der Waals surface area (Å²) in [5.41, 5.74) is 5.95. The van der Waals surface area contributed by atoms with E-state index in [1.165, 1.54) is 0 Å². The lowest BCUT2D eigenvalue weighted by molar-refractivity contribution is -0.137. The lowest BCUT2D eigenvalue weighted by Crippen LogP contribution is -2.36. The van der Waals surface area contributed by atoms with E-state index in [2.05, 4.69) is 21.2 Å². The number of benzene rings is 1. The van der Waals surface area contributed by atoms with Crippen molar-refractivity contribution in [3.05, 3.63) is 28.2 Å². The van der Waals surface area contributed by atoms with Crippen molar-refractivity contribution in [1.82, 2.24) is 0 Å². The highest BCUT2D eigenvalue weighted by Gasteiger charge is 2.27. The SMILES string of the molecule is CC(C)(C)C(CC(=O)O)Nc1ccc(Br)cc1C(N)=O. The minimum atomic E-state index is -0.893. The van der Waals surface area contributed by atoms with Crippen LogP contribution in [0.1, 0.15) is 37.6 Å². The van der Waals surface area contributed by atoms with Crippen LogP contribution in [0, 0.1) is 5.41 Å². The van der Waals surface area contributed by atoms with Crippen LogP contribution in [-0.4, -0.2) is 23.0 Å². The standard InChI is InChI=1S/C14H19BrN2O3/c1-14(2,3)11(7-12(18)19)17-10-5-4-8(15)6-9(10)13(16)20/h4-6,11,17H,7H2,1-3H3,(H2,16,20)(H,18,19). The fraction of sp³-hybridized carbons (Fsp3) is 0.429. The van der Waals surface area contributed by atoms with Crippen LogP contribution >= 0.6 is 15.9 Å². The number of carboxylic acids is 1. The van der Waals surface area contributed by atoms with Crippen LogP contribution in [-0.2, 0) is 4.79 Å². The molecule has 0 aromatic heterocycles. The van der Waals surface area contributed by atoms with E-state index in [-0.39, 0.29) is 17.9 Å². The molecule has 0 aliphatic heterocycles. The first-order chi connectivity index (χ1) is 9.11. The zero-order valence-corrected chi connectivity index (χ0v) is 13.3. The van der Waals surface area contributed by atoms with Gasteiger partial charge in [-0.1, -0.05) is 36.7 Å². The second-order valence-electron chi connectivity index (χ2n) is 5.71. The first-order valence-electron chi connectivity index (χ1n) is 6.19. The van der Waals surface area contributed by atoms with Gasteiger partial charge in [0.2, 0.25) is 0 Å². The number of carbonyl (C=O) groups is 2. The molecule has 0 saturated carbocycles. The van der Waals surface area contributed by atoms with Crippen LogP contribution in [0.5, 0.6) is 0 Å². The van der Waals surface area contributed by atoms with Gasteiger partial charge in [-0.3, -0.25) is 9.59 Å². The van der Waals surface area contributed by atoms with Gasteiger partial charge < -0.3 is 16.2 Å². The average molecular weight is 343 g/mol. The van der Waals surface area contributed by atoms with Gasteiger partial charge in [-0.05, 0) is 23.6 Å². The highest BCUT2D eigenvalue weighted by atomic mass is 79.9. The molecule has 1 atom stereocenters. The van der Waals surface area contributed by atoms with Crippen molar-refractivity contribution in [2.24, 2.45) is 11.1 Å². The summed E-state index contributed by atoms with van der Waals surface area (Å²) < 4.78 is 0.738. The van der Waals surface area contributed by atoms with Crippen molar-refractivity contribution in [1.29, 1.82) is 0 Å². The van der Waals surface area contributed by atoms with Gasteiger partial charge >= 0.3 is 5.97 Å². The number of primary amides is 1. The molecule has 20 heavy (non-hydrogen) atoms. The molecule has 0 spiro atoms. The Morgan fingerprint density at radius 1 is 1.40 bits per heavy atom. The largest absolute Gasteiger partial charge is 0.481 e. The summed E-state index contributed by atoms with van der Waals surface area (Å²) in [5, 5.41) is 12.1. The topological polar surface area (TPSA) is 92.4 Å². The molecule has 0 radical (unpaired) electrons. The van der Waals surface area contributed by atoms with Gasteiger partial charge in [-0.25, -0.2) is 0 Å². The number of hydrogen-bond acceptors (Lipinski definition) is 3. The van der Waals surface area contributed by atoms with Crippen LogP contribution in [0.25, 0.3) is 0 Å². The third-order valence-corrected chi connectivity index (χ3v) is 3.49. The Kier molecular flexibility index (Phi) is 5.16. The molecule has 1 unspecified atom stereocenters. The van der Waals surface area contributed by atoms with E-state index in [1.54, 1.807) is 18.2 Å². The number of anilines is 1. The average Bonchev–Trinajstić information content (AvgIpc) is 2.28. The van der Waals surface area contributed by atoms with Crippen LogP contribution in [0.2, 0.25) is 0 Å². The lowest BCUT2D eigenvalue weighted by Gasteiger charge is -2.31. The number of carbonyl (C=O) groups excluding carboxylic acids is 1. The molecular formula is C14H19BrN2O3. The number of aliphatic carboxylic acids is 1. The number of hydrogen-bond donors (Lipinski definition) is 3. The van der Waals surface area contributed by atoms with E-state index in [4.69, 9.17) is 10.8 Å². The van der Waals surface area contributed by atoms with Crippen LogP contribution < -0.4 is 11.1 Å². The minimum Gasteiger partial charge on any atom is -0.481 e. The Morgan fingerprint density at radius 3 is 2.45 bits per heavy atom. The molecule has 0 aliphatic carbocycles. The number of halogens is 1. The molecule has 0 bridgehead atoms. The van der Waals surface area contributed by atoms with Crippen molar-refractivity contribution in [2.75, 3.05) is 5.32 Å². The zero-order chi connectivity index (χ0) is 15.5. The second kappa shape index (κ2) is 6.26. The van der Waals surface area contributed by atoms with Crippen molar-refractivity contribution in [2.45, 2.75) is 33.2 Å². The highest BCUT2D eigenvalue weighted by Crippen LogP contribution is 2.28. The first-order valence-corrected chi connectivity index (χ1v) is 6.98. The van der Waals surface area contributed by atoms with Gasteiger partial charge in [0.1, 0.15) is 0 Å². The van der Waals surface area contributed by atoms with Gasteiger partial charge in [0.15, 0.2) is 0 Å². The molecule has 1 rings (SSSR count). The number of nitrogens with one attached hydrogen (secondary N) is 1. The highest BCUT2D eigenvalue weighted by molar-refractivity contribution is 9.10. The van der Waals surface area contributed by atoms with E-state index >= 15 is 0 Å². The zero-order valence-electron chi connectivity index (χ0n) is 11.7. The summed E-state index contributed by atoms with van der Waals surface area (Å²) in [5.74, 6) is -1.45. The number of nitrogens with two attached hydrogens (primary N) is 1.